The van der Waals surface area contributed by atoms with Crippen LogP contribution in [0, 0.1) is 5.92 Å². The summed E-state index contributed by atoms with van der Waals surface area (Å²) >= 11 is 0. The minimum absolute atomic E-state index is 0.571. The van der Waals surface area contributed by atoms with Crippen LogP contribution in [0.3, 0.4) is 0 Å². The molecule has 1 aromatic rings. The molecule has 2 atom stereocenters. The molecule has 1 aromatic carbocycles. The second-order valence-electron chi connectivity index (χ2n) is 6.58. The standard InChI is InChI=1S/C18H26N2/c1-14(2)20-10-8-17(9-11-20)19-13-16-12-18(16)15-6-4-3-5-7-15/h3-7,13-14,16-18H,8-12H2,1-2H3/t16?,18-/m1/s1. The van der Waals surface area contributed by atoms with Gasteiger partial charge in [-0.15, -0.1) is 0 Å². The first-order chi connectivity index (χ1) is 9.74. The summed E-state index contributed by atoms with van der Waals surface area (Å²) in [6, 6.07) is 12.1. The summed E-state index contributed by atoms with van der Waals surface area (Å²) in [6.45, 7) is 7.01. The molecule has 0 radical (unpaired) electrons. The summed E-state index contributed by atoms with van der Waals surface area (Å²) in [6.07, 6.45) is 6.01. The molecule has 1 unspecified atom stereocenters. The van der Waals surface area contributed by atoms with E-state index < -0.39 is 0 Å². The maximum atomic E-state index is 4.86. The van der Waals surface area contributed by atoms with Crippen LogP contribution in [0.4, 0.5) is 0 Å². The van der Waals surface area contributed by atoms with E-state index in [2.05, 4.69) is 55.3 Å². The molecule has 2 aliphatic rings. The van der Waals surface area contributed by atoms with E-state index in [-0.39, 0.29) is 0 Å². The molecule has 2 heteroatoms. The summed E-state index contributed by atoms with van der Waals surface area (Å²) in [5.41, 5.74) is 1.48. The molecule has 1 saturated carbocycles. The third-order valence-electron chi connectivity index (χ3n) is 4.79. The van der Waals surface area contributed by atoms with Gasteiger partial charge in [0.2, 0.25) is 0 Å². The first kappa shape index (κ1) is 13.8. The van der Waals surface area contributed by atoms with E-state index in [0.29, 0.717) is 18.0 Å². The maximum absolute atomic E-state index is 4.86. The van der Waals surface area contributed by atoms with Gasteiger partial charge in [-0.3, -0.25) is 4.99 Å². The zero-order valence-corrected chi connectivity index (χ0v) is 12.7. The van der Waals surface area contributed by atoms with E-state index >= 15 is 0 Å². The summed E-state index contributed by atoms with van der Waals surface area (Å²) in [7, 11) is 0. The molecular formula is C18H26N2. The van der Waals surface area contributed by atoms with E-state index in [9.17, 15) is 0 Å². The van der Waals surface area contributed by atoms with Crippen molar-refractivity contribution in [1.29, 1.82) is 0 Å². The lowest BCUT2D eigenvalue weighted by Crippen LogP contribution is -2.39. The van der Waals surface area contributed by atoms with Crippen molar-refractivity contribution in [3.05, 3.63) is 35.9 Å². The fourth-order valence-electron chi connectivity index (χ4n) is 3.25. The van der Waals surface area contributed by atoms with E-state index in [1.54, 1.807) is 0 Å². The molecule has 108 valence electrons. The van der Waals surface area contributed by atoms with Crippen molar-refractivity contribution in [3.8, 4) is 0 Å². The van der Waals surface area contributed by atoms with Crippen molar-refractivity contribution < 1.29 is 0 Å². The van der Waals surface area contributed by atoms with Crippen LogP contribution in [0.2, 0.25) is 0 Å². The van der Waals surface area contributed by atoms with Crippen molar-refractivity contribution in [2.75, 3.05) is 13.1 Å². The van der Waals surface area contributed by atoms with Gasteiger partial charge >= 0.3 is 0 Å². The van der Waals surface area contributed by atoms with Gasteiger partial charge in [0.1, 0.15) is 0 Å². The molecule has 0 bridgehead atoms. The molecule has 1 aliphatic carbocycles. The van der Waals surface area contributed by atoms with Crippen molar-refractivity contribution in [3.63, 3.8) is 0 Å². The topological polar surface area (TPSA) is 15.6 Å². The second kappa shape index (κ2) is 6.09. The fraction of sp³-hybridized carbons (Fsp3) is 0.611. The molecule has 3 rings (SSSR count). The Bertz CT molecular complexity index is 444. The largest absolute Gasteiger partial charge is 0.301 e. The predicted molar refractivity (Wildman–Crippen MR) is 85.5 cm³/mol. The molecule has 2 nitrogen and oxygen atoms in total. The summed E-state index contributed by atoms with van der Waals surface area (Å²) in [5.74, 6) is 1.43. The molecule has 1 heterocycles. The highest BCUT2D eigenvalue weighted by Gasteiger charge is 2.36. The zero-order chi connectivity index (χ0) is 13.9. The lowest BCUT2D eigenvalue weighted by atomic mass is 10.0. The number of hydrogen-bond donors (Lipinski definition) is 0. The summed E-state index contributed by atoms with van der Waals surface area (Å²) in [4.78, 5) is 7.43. The Balaban J connectivity index is 1.46. The molecule has 0 N–H and O–H groups in total. The highest BCUT2D eigenvalue weighted by atomic mass is 15.2. The molecule has 0 amide bonds. The van der Waals surface area contributed by atoms with Gasteiger partial charge in [0.15, 0.2) is 0 Å². The summed E-state index contributed by atoms with van der Waals surface area (Å²) < 4.78 is 0. The van der Waals surface area contributed by atoms with Crippen LogP contribution >= 0.6 is 0 Å². The van der Waals surface area contributed by atoms with Crippen LogP contribution in [-0.4, -0.2) is 36.3 Å². The van der Waals surface area contributed by atoms with Crippen LogP contribution in [0.1, 0.15) is 44.6 Å². The molecule has 2 fully saturated rings. The van der Waals surface area contributed by atoms with E-state index in [0.717, 1.165) is 5.92 Å². The number of aliphatic imine (C=N–C) groups is 1. The highest BCUT2D eigenvalue weighted by Crippen LogP contribution is 2.46. The maximum Gasteiger partial charge on any atom is 0.0520 e. The monoisotopic (exact) mass is 270 g/mol. The Hall–Kier alpha value is -1.15. The number of nitrogens with zero attached hydrogens (tertiary/aromatic N) is 2. The van der Waals surface area contributed by atoms with Crippen LogP contribution in [0.15, 0.2) is 35.3 Å². The fourth-order valence-corrected chi connectivity index (χ4v) is 3.25. The molecule has 1 saturated heterocycles. The van der Waals surface area contributed by atoms with E-state index in [4.69, 9.17) is 4.99 Å². The van der Waals surface area contributed by atoms with Crippen molar-refractivity contribution >= 4 is 6.21 Å². The van der Waals surface area contributed by atoms with Crippen LogP contribution in [0.5, 0.6) is 0 Å². The number of piperidine rings is 1. The lowest BCUT2D eigenvalue weighted by Gasteiger charge is -2.33. The minimum Gasteiger partial charge on any atom is -0.301 e. The van der Waals surface area contributed by atoms with Gasteiger partial charge in [0, 0.05) is 31.3 Å². The Morgan fingerprint density at radius 2 is 1.85 bits per heavy atom. The number of likely N-dealkylation sites (tertiary alicyclic amines) is 1. The van der Waals surface area contributed by atoms with Gasteiger partial charge in [-0.2, -0.15) is 0 Å². The van der Waals surface area contributed by atoms with Gasteiger partial charge < -0.3 is 4.90 Å². The first-order valence-electron chi connectivity index (χ1n) is 8.06. The Morgan fingerprint density at radius 3 is 2.50 bits per heavy atom. The quantitative estimate of drug-likeness (QED) is 0.761. The van der Waals surface area contributed by atoms with Gasteiger partial charge in [0.05, 0.1) is 6.04 Å². The Kier molecular flexibility index (Phi) is 4.21. The van der Waals surface area contributed by atoms with Gasteiger partial charge in [-0.05, 0) is 44.6 Å². The molecular weight excluding hydrogens is 244 g/mol. The normalized spacial score (nSPS) is 28.4. The SMILES string of the molecule is CC(C)N1CCC(N=CC2C[C@@H]2c2ccccc2)CC1. The third-order valence-corrected chi connectivity index (χ3v) is 4.79. The van der Waals surface area contributed by atoms with E-state index in [1.807, 2.05) is 0 Å². The van der Waals surface area contributed by atoms with Crippen molar-refractivity contribution in [2.45, 2.75) is 51.1 Å². The van der Waals surface area contributed by atoms with Gasteiger partial charge in [-0.1, -0.05) is 30.3 Å². The van der Waals surface area contributed by atoms with E-state index in [1.165, 1.54) is 37.9 Å². The predicted octanol–water partition coefficient (Wildman–Crippen LogP) is 3.73. The highest BCUT2D eigenvalue weighted by molar-refractivity contribution is 5.67. The average Bonchev–Trinajstić information content (AvgIpc) is 3.26. The Labute approximate surface area is 122 Å². The van der Waals surface area contributed by atoms with Gasteiger partial charge in [-0.25, -0.2) is 0 Å². The summed E-state index contributed by atoms with van der Waals surface area (Å²) in [5, 5.41) is 0. The molecule has 0 spiro atoms. The number of benzene rings is 1. The first-order valence-corrected chi connectivity index (χ1v) is 8.06. The van der Waals surface area contributed by atoms with Crippen molar-refractivity contribution in [1.82, 2.24) is 4.90 Å². The average molecular weight is 270 g/mol. The lowest BCUT2D eigenvalue weighted by molar-refractivity contribution is 0.173. The molecule has 1 aliphatic heterocycles. The molecule has 20 heavy (non-hydrogen) atoms. The van der Waals surface area contributed by atoms with Crippen molar-refractivity contribution in [2.24, 2.45) is 10.9 Å². The van der Waals surface area contributed by atoms with Gasteiger partial charge in [0.25, 0.3) is 0 Å². The second-order valence-corrected chi connectivity index (χ2v) is 6.58. The smallest absolute Gasteiger partial charge is 0.0520 e. The number of hydrogen-bond acceptors (Lipinski definition) is 2. The zero-order valence-electron chi connectivity index (χ0n) is 12.7. The molecule has 0 aromatic heterocycles. The minimum atomic E-state index is 0.571. The van der Waals surface area contributed by atoms with Crippen LogP contribution in [-0.2, 0) is 0 Å². The number of rotatable bonds is 4. The van der Waals surface area contributed by atoms with Crippen LogP contribution in [0.25, 0.3) is 0 Å². The third kappa shape index (κ3) is 3.29. The van der Waals surface area contributed by atoms with Crippen LogP contribution < -0.4 is 0 Å². The Morgan fingerprint density at radius 1 is 1.15 bits per heavy atom.